The Kier molecular flexibility index (Phi) is 5.70. The summed E-state index contributed by atoms with van der Waals surface area (Å²) in [6.07, 6.45) is 0.919. The molecule has 3 nitrogen and oxygen atoms in total. The van der Waals surface area contributed by atoms with Crippen molar-refractivity contribution in [1.29, 1.82) is 0 Å². The van der Waals surface area contributed by atoms with Crippen molar-refractivity contribution in [3.63, 3.8) is 0 Å². The van der Waals surface area contributed by atoms with E-state index in [0.717, 1.165) is 23.7 Å². The highest BCUT2D eigenvalue weighted by molar-refractivity contribution is 7.11. The SMILES string of the molecule is CCc1nc(COc2ccc(F)cc2)sc1CNC(C)C. The molecule has 0 aliphatic rings. The number of nitrogens with zero attached hydrogens (tertiary/aromatic N) is 1. The van der Waals surface area contributed by atoms with Gasteiger partial charge in [0.15, 0.2) is 0 Å². The normalized spacial score (nSPS) is 11.1. The Labute approximate surface area is 129 Å². The van der Waals surface area contributed by atoms with Gasteiger partial charge in [0.2, 0.25) is 0 Å². The van der Waals surface area contributed by atoms with Crippen molar-refractivity contribution in [3.05, 3.63) is 45.7 Å². The van der Waals surface area contributed by atoms with Crippen molar-refractivity contribution in [2.24, 2.45) is 0 Å². The fourth-order valence-corrected chi connectivity index (χ4v) is 2.91. The molecule has 0 unspecified atom stereocenters. The van der Waals surface area contributed by atoms with Crippen molar-refractivity contribution < 1.29 is 9.13 Å². The Hall–Kier alpha value is -1.46. The van der Waals surface area contributed by atoms with E-state index in [-0.39, 0.29) is 5.82 Å². The van der Waals surface area contributed by atoms with E-state index in [1.807, 2.05) is 0 Å². The second kappa shape index (κ2) is 7.52. The molecule has 0 radical (unpaired) electrons. The monoisotopic (exact) mass is 308 g/mol. The molecule has 114 valence electrons. The highest BCUT2D eigenvalue weighted by Crippen LogP contribution is 2.21. The summed E-state index contributed by atoms with van der Waals surface area (Å²) in [5, 5.41) is 4.37. The molecule has 5 heteroatoms. The van der Waals surface area contributed by atoms with E-state index in [1.54, 1.807) is 23.5 Å². The van der Waals surface area contributed by atoms with Gasteiger partial charge in [0.25, 0.3) is 0 Å². The molecular weight excluding hydrogens is 287 g/mol. The number of aryl methyl sites for hydroxylation is 1. The van der Waals surface area contributed by atoms with Crippen LogP contribution in [-0.2, 0) is 19.6 Å². The van der Waals surface area contributed by atoms with Crippen LogP contribution >= 0.6 is 11.3 Å². The molecule has 0 bridgehead atoms. The molecule has 0 spiro atoms. The topological polar surface area (TPSA) is 34.1 Å². The largest absolute Gasteiger partial charge is 0.486 e. The zero-order valence-corrected chi connectivity index (χ0v) is 13.5. The number of nitrogens with one attached hydrogen (secondary N) is 1. The number of hydrogen-bond acceptors (Lipinski definition) is 4. The third kappa shape index (κ3) is 4.79. The third-order valence-electron chi connectivity index (χ3n) is 3.00. The van der Waals surface area contributed by atoms with Gasteiger partial charge in [-0.2, -0.15) is 0 Å². The number of rotatable bonds is 7. The predicted octanol–water partition coefficient (Wildman–Crippen LogP) is 3.92. The smallest absolute Gasteiger partial charge is 0.140 e. The minimum absolute atomic E-state index is 0.257. The summed E-state index contributed by atoms with van der Waals surface area (Å²) >= 11 is 1.68. The summed E-state index contributed by atoms with van der Waals surface area (Å²) in [4.78, 5) is 5.89. The first kappa shape index (κ1) is 15.9. The molecule has 2 rings (SSSR count). The van der Waals surface area contributed by atoms with Gasteiger partial charge < -0.3 is 10.1 Å². The first-order valence-electron chi connectivity index (χ1n) is 7.17. The molecule has 0 saturated carbocycles. The van der Waals surface area contributed by atoms with Crippen molar-refractivity contribution in [1.82, 2.24) is 10.3 Å². The van der Waals surface area contributed by atoms with Gasteiger partial charge in [0.05, 0.1) is 5.69 Å². The van der Waals surface area contributed by atoms with Gasteiger partial charge >= 0.3 is 0 Å². The second-order valence-corrected chi connectivity index (χ2v) is 6.28. The molecule has 0 aliphatic carbocycles. The van der Waals surface area contributed by atoms with Gasteiger partial charge in [0.1, 0.15) is 23.2 Å². The van der Waals surface area contributed by atoms with Crippen LogP contribution in [0.25, 0.3) is 0 Å². The maximum atomic E-state index is 12.8. The standard InChI is InChI=1S/C16H21FN2OS/c1-4-14-15(9-18-11(2)3)21-16(19-14)10-20-13-7-5-12(17)6-8-13/h5-8,11,18H,4,9-10H2,1-3H3. The zero-order valence-electron chi connectivity index (χ0n) is 12.6. The van der Waals surface area contributed by atoms with Gasteiger partial charge in [0, 0.05) is 17.5 Å². The fourth-order valence-electron chi connectivity index (χ4n) is 1.89. The highest BCUT2D eigenvalue weighted by Gasteiger charge is 2.10. The van der Waals surface area contributed by atoms with Crippen molar-refractivity contribution in [2.45, 2.75) is 46.4 Å². The van der Waals surface area contributed by atoms with E-state index in [9.17, 15) is 4.39 Å². The average Bonchev–Trinajstić information content (AvgIpc) is 2.87. The Morgan fingerprint density at radius 1 is 1.29 bits per heavy atom. The quantitative estimate of drug-likeness (QED) is 0.842. The molecule has 0 fully saturated rings. The number of benzene rings is 1. The molecule has 1 heterocycles. The molecule has 0 aliphatic heterocycles. The first-order chi connectivity index (χ1) is 10.1. The van der Waals surface area contributed by atoms with Crippen LogP contribution < -0.4 is 10.1 Å². The highest BCUT2D eigenvalue weighted by atomic mass is 32.1. The van der Waals surface area contributed by atoms with Crippen LogP contribution in [0.1, 0.15) is 36.3 Å². The molecular formula is C16H21FN2OS. The lowest BCUT2D eigenvalue weighted by atomic mass is 10.3. The van der Waals surface area contributed by atoms with Gasteiger partial charge in [-0.25, -0.2) is 9.37 Å². The van der Waals surface area contributed by atoms with E-state index in [2.05, 4.69) is 31.1 Å². The Morgan fingerprint density at radius 2 is 2.00 bits per heavy atom. The van der Waals surface area contributed by atoms with Crippen LogP contribution in [0.5, 0.6) is 5.75 Å². The van der Waals surface area contributed by atoms with Crippen LogP contribution in [0.2, 0.25) is 0 Å². The minimum atomic E-state index is -0.257. The molecule has 21 heavy (non-hydrogen) atoms. The van der Waals surface area contributed by atoms with Crippen LogP contribution in [0.15, 0.2) is 24.3 Å². The molecule has 0 atom stereocenters. The van der Waals surface area contributed by atoms with Crippen LogP contribution in [0.4, 0.5) is 4.39 Å². The molecule has 1 aromatic heterocycles. The van der Waals surface area contributed by atoms with E-state index >= 15 is 0 Å². The molecule has 2 aromatic rings. The first-order valence-corrected chi connectivity index (χ1v) is 7.99. The molecule has 1 aromatic carbocycles. The Bertz CT molecular complexity index is 566. The minimum Gasteiger partial charge on any atom is -0.486 e. The third-order valence-corrected chi connectivity index (χ3v) is 4.08. The number of thiazole rings is 1. The fraction of sp³-hybridized carbons (Fsp3) is 0.438. The lowest BCUT2D eigenvalue weighted by Gasteiger charge is -2.06. The van der Waals surface area contributed by atoms with Gasteiger partial charge in [-0.15, -0.1) is 11.3 Å². The number of halogens is 1. The lowest BCUT2D eigenvalue weighted by Crippen LogP contribution is -2.21. The van der Waals surface area contributed by atoms with Crippen LogP contribution in [0.3, 0.4) is 0 Å². The van der Waals surface area contributed by atoms with Crippen LogP contribution in [0, 0.1) is 5.82 Å². The Morgan fingerprint density at radius 3 is 2.62 bits per heavy atom. The average molecular weight is 308 g/mol. The van der Waals surface area contributed by atoms with E-state index < -0.39 is 0 Å². The second-order valence-electron chi connectivity index (χ2n) is 5.11. The molecule has 1 N–H and O–H groups in total. The number of ether oxygens (including phenoxy) is 1. The summed E-state index contributed by atoms with van der Waals surface area (Å²) in [5.74, 6) is 0.401. The van der Waals surface area contributed by atoms with E-state index in [0.29, 0.717) is 18.4 Å². The predicted molar refractivity (Wildman–Crippen MR) is 84.2 cm³/mol. The summed E-state index contributed by atoms with van der Waals surface area (Å²) < 4.78 is 18.5. The number of hydrogen-bond donors (Lipinski definition) is 1. The van der Waals surface area contributed by atoms with Crippen molar-refractivity contribution in [2.75, 3.05) is 0 Å². The van der Waals surface area contributed by atoms with Gasteiger partial charge in [-0.3, -0.25) is 0 Å². The van der Waals surface area contributed by atoms with Crippen LogP contribution in [-0.4, -0.2) is 11.0 Å². The summed E-state index contributed by atoms with van der Waals surface area (Å²) in [6, 6.07) is 6.51. The summed E-state index contributed by atoms with van der Waals surface area (Å²) in [5.41, 5.74) is 1.13. The van der Waals surface area contributed by atoms with Crippen molar-refractivity contribution >= 4 is 11.3 Å². The maximum absolute atomic E-state index is 12.8. The van der Waals surface area contributed by atoms with Crippen molar-refractivity contribution in [3.8, 4) is 5.75 Å². The van der Waals surface area contributed by atoms with Gasteiger partial charge in [-0.1, -0.05) is 20.8 Å². The molecule has 0 saturated heterocycles. The maximum Gasteiger partial charge on any atom is 0.140 e. The van der Waals surface area contributed by atoms with E-state index in [4.69, 9.17) is 4.74 Å². The number of aromatic nitrogens is 1. The lowest BCUT2D eigenvalue weighted by molar-refractivity contribution is 0.305. The van der Waals surface area contributed by atoms with Gasteiger partial charge in [-0.05, 0) is 30.7 Å². The van der Waals surface area contributed by atoms with E-state index in [1.165, 1.54) is 17.0 Å². The molecule has 0 amide bonds. The zero-order chi connectivity index (χ0) is 15.2. The summed E-state index contributed by atoms with van der Waals surface area (Å²) in [7, 11) is 0. The summed E-state index contributed by atoms with van der Waals surface area (Å²) in [6.45, 7) is 7.63. The Balaban J connectivity index is 1.98.